The van der Waals surface area contributed by atoms with Gasteiger partial charge in [-0.2, -0.15) is 0 Å². The van der Waals surface area contributed by atoms with Crippen LogP contribution in [-0.2, 0) is 13.0 Å². The Bertz CT molecular complexity index is 551. The van der Waals surface area contributed by atoms with Crippen molar-refractivity contribution in [2.45, 2.75) is 32.2 Å². The highest BCUT2D eigenvalue weighted by molar-refractivity contribution is 7.09. The molecule has 1 aromatic heterocycles. The van der Waals surface area contributed by atoms with Crippen molar-refractivity contribution in [1.82, 2.24) is 10.3 Å². The fourth-order valence-electron chi connectivity index (χ4n) is 2.64. The number of fused-ring (bicyclic) bond motifs is 1. The number of hydrogen-bond donors (Lipinski definition) is 2. The van der Waals surface area contributed by atoms with Gasteiger partial charge in [-0.3, -0.25) is 0 Å². The zero-order chi connectivity index (χ0) is 13.8. The molecule has 1 atom stereocenters. The Hall–Kier alpha value is -1.39. The standard InChI is InChI=1S/C16H21N3S/c1-12(16-19-7-8-20-16)10-17-11-13-4-5-15-14(9-13)3-2-6-18-15/h4-5,7-9,12,17-18H,2-3,6,10-11H2,1H3. The molecule has 2 N–H and O–H groups in total. The van der Waals surface area contributed by atoms with Crippen molar-refractivity contribution in [2.75, 3.05) is 18.4 Å². The highest BCUT2D eigenvalue weighted by Crippen LogP contribution is 2.23. The van der Waals surface area contributed by atoms with Crippen LogP contribution in [0.3, 0.4) is 0 Å². The molecule has 4 heteroatoms. The topological polar surface area (TPSA) is 37.0 Å². The van der Waals surface area contributed by atoms with Gasteiger partial charge in [-0.05, 0) is 30.0 Å². The Labute approximate surface area is 124 Å². The molecule has 2 aromatic rings. The predicted molar refractivity (Wildman–Crippen MR) is 85.5 cm³/mol. The first-order valence-corrected chi connectivity index (χ1v) is 8.16. The van der Waals surface area contributed by atoms with E-state index in [4.69, 9.17) is 0 Å². The second kappa shape index (κ2) is 6.37. The van der Waals surface area contributed by atoms with Crippen LogP contribution in [0.1, 0.15) is 35.4 Å². The monoisotopic (exact) mass is 287 g/mol. The minimum absolute atomic E-state index is 0.481. The molecule has 1 unspecified atom stereocenters. The van der Waals surface area contributed by atoms with Gasteiger partial charge in [0, 0.05) is 42.8 Å². The van der Waals surface area contributed by atoms with Crippen molar-refractivity contribution in [3.05, 3.63) is 45.9 Å². The van der Waals surface area contributed by atoms with Crippen LogP contribution in [0.5, 0.6) is 0 Å². The lowest BCUT2D eigenvalue weighted by atomic mass is 10.0. The molecule has 0 saturated carbocycles. The molecule has 3 nitrogen and oxygen atoms in total. The second-order valence-electron chi connectivity index (χ2n) is 5.42. The maximum atomic E-state index is 4.37. The summed E-state index contributed by atoms with van der Waals surface area (Å²) in [6, 6.07) is 6.77. The smallest absolute Gasteiger partial charge is 0.0965 e. The van der Waals surface area contributed by atoms with Gasteiger partial charge in [0.15, 0.2) is 0 Å². The predicted octanol–water partition coefficient (Wildman–Crippen LogP) is 3.39. The molecular weight excluding hydrogens is 266 g/mol. The molecule has 1 aromatic carbocycles. The third-order valence-electron chi connectivity index (χ3n) is 3.76. The van der Waals surface area contributed by atoms with Crippen molar-refractivity contribution in [2.24, 2.45) is 0 Å². The summed E-state index contributed by atoms with van der Waals surface area (Å²) in [5.41, 5.74) is 4.15. The Kier molecular flexibility index (Phi) is 4.33. The van der Waals surface area contributed by atoms with Crippen molar-refractivity contribution >= 4 is 17.0 Å². The summed E-state index contributed by atoms with van der Waals surface area (Å²) in [5.74, 6) is 0.481. The second-order valence-corrected chi connectivity index (χ2v) is 6.35. The van der Waals surface area contributed by atoms with E-state index in [9.17, 15) is 0 Å². The molecule has 0 bridgehead atoms. The summed E-state index contributed by atoms with van der Waals surface area (Å²) in [6.45, 7) is 5.24. The normalized spacial score (nSPS) is 15.4. The zero-order valence-corrected chi connectivity index (χ0v) is 12.7. The van der Waals surface area contributed by atoms with Gasteiger partial charge in [-0.1, -0.05) is 19.1 Å². The van der Waals surface area contributed by atoms with E-state index in [1.807, 2.05) is 11.6 Å². The largest absolute Gasteiger partial charge is 0.385 e. The van der Waals surface area contributed by atoms with E-state index in [0.717, 1.165) is 19.6 Å². The maximum absolute atomic E-state index is 4.37. The molecule has 2 heterocycles. The lowest BCUT2D eigenvalue weighted by Gasteiger charge is -2.19. The van der Waals surface area contributed by atoms with Crippen LogP contribution < -0.4 is 10.6 Å². The Balaban J connectivity index is 1.53. The van der Waals surface area contributed by atoms with Crippen LogP contribution in [0.4, 0.5) is 5.69 Å². The van der Waals surface area contributed by atoms with E-state index in [-0.39, 0.29) is 0 Å². The lowest BCUT2D eigenvalue weighted by Crippen LogP contribution is -2.20. The fourth-order valence-corrected chi connectivity index (χ4v) is 3.33. The van der Waals surface area contributed by atoms with Crippen LogP contribution in [0.15, 0.2) is 29.8 Å². The maximum Gasteiger partial charge on any atom is 0.0965 e. The summed E-state index contributed by atoms with van der Waals surface area (Å²) in [5, 5.41) is 10.3. The van der Waals surface area contributed by atoms with E-state index in [0.29, 0.717) is 5.92 Å². The van der Waals surface area contributed by atoms with Crippen molar-refractivity contribution in [1.29, 1.82) is 0 Å². The Morgan fingerprint density at radius 2 is 2.40 bits per heavy atom. The number of nitrogens with one attached hydrogen (secondary N) is 2. The number of hydrogen-bond acceptors (Lipinski definition) is 4. The number of aromatic nitrogens is 1. The third-order valence-corrected chi connectivity index (χ3v) is 4.77. The Morgan fingerprint density at radius 3 is 3.25 bits per heavy atom. The van der Waals surface area contributed by atoms with E-state index in [1.54, 1.807) is 11.3 Å². The van der Waals surface area contributed by atoms with Gasteiger partial charge >= 0.3 is 0 Å². The molecule has 0 amide bonds. The number of nitrogens with zero attached hydrogens (tertiary/aromatic N) is 1. The van der Waals surface area contributed by atoms with E-state index >= 15 is 0 Å². The summed E-state index contributed by atoms with van der Waals surface area (Å²) in [4.78, 5) is 4.37. The van der Waals surface area contributed by atoms with Gasteiger partial charge in [0.05, 0.1) is 5.01 Å². The molecule has 20 heavy (non-hydrogen) atoms. The molecular formula is C16H21N3S. The minimum atomic E-state index is 0.481. The van der Waals surface area contributed by atoms with Gasteiger partial charge in [0.25, 0.3) is 0 Å². The highest BCUT2D eigenvalue weighted by Gasteiger charge is 2.10. The molecule has 0 fully saturated rings. The highest BCUT2D eigenvalue weighted by atomic mass is 32.1. The van der Waals surface area contributed by atoms with Gasteiger partial charge in [-0.15, -0.1) is 11.3 Å². The van der Waals surface area contributed by atoms with Crippen LogP contribution >= 0.6 is 11.3 Å². The quantitative estimate of drug-likeness (QED) is 0.885. The van der Waals surface area contributed by atoms with Crippen LogP contribution in [0, 0.1) is 0 Å². The van der Waals surface area contributed by atoms with E-state index in [1.165, 1.54) is 34.7 Å². The summed E-state index contributed by atoms with van der Waals surface area (Å²) in [7, 11) is 0. The summed E-state index contributed by atoms with van der Waals surface area (Å²) in [6.07, 6.45) is 4.32. The first-order valence-electron chi connectivity index (χ1n) is 7.29. The SMILES string of the molecule is CC(CNCc1ccc2c(c1)CCCN2)c1nccs1. The number of anilines is 1. The number of aryl methyl sites for hydroxylation is 1. The molecule has 0 radical (unpaired) electrons. The number of thiazole rings is 1. The minimum Gasteiger partial charge on any atom is -0.385 e. The summed E-state index contributed by atoms with van der Waals surface area (Å²) < 4.78 is 0. The van der Waals surface area contributed by atoms with Crippen LogP contribution in [0.25, 0.3) is 0 Å². The van der Waals surface area contributed by atoms with Crippen molar-refractivity contribution in [3.63, 3.8) is 0 Å². The Morgan fingerprint density at radius 1 is 1.45 bits per heavy atom. The number of benzene rings is 1. The molecule has 1 aliphatic rings. The van der Waals surface area contributed by atoms with Crippen molar-refractivity contribution in [3.8, 4) is 0 Å². The first-order chi connectivity index (χ1) is 9.83. The number of rotatable bonds is 5. The van der Waals surface area contributed by atoms with Gasteiger partial charge < -0.3 is 10.6 Å². The van der Waals surface area contributed by atoms with Crippen molar-refractivity contribution < 1.29 is 0 Å². The van der Waals surface area contributed by atoms with E-state index in [2.05, 4.69) is 40.7 Å². The molecule has 106 valence electrons. The summed E-state index contributed by atoms with van der Waals surface area (Å²) >= 11 is 1.74. The van der Waals surface area contributed by atoms with Gasteiger partial charge in [0.1, 0.15) is 0 Å². The average Bonchev–Trinajstić information content (AvgIpc) is 3.01. The van der Waals surface area contributed by atoms with Gasteiger partial charge in [0.2, 0.25) is 0 Å². The van der Waals surface area contributed by atoms with E-state index < -0.39 is 0 Å². The third kappa shape index (κ3) is 3.19. The van der Waals surface area contributed by atoms with Gasteiger partial charge in [-0.25, -0.2) is 4.98 Å². The zero-order valence-electron chi connectivity index (χ0n) is 11.9. The first kappa shape index (κ1) is 13.6. The molecule has 0 aliphatic carbocycles. The van der Waals surface area contributed by atoms with Crippen LogP contribution in [-0.4, -0.2) is 18.1 Å². The van der Waals surface area contributed by atoms with Crippen LogP contribution in [0.2, 0.25) is 0 Å². The molecule has 0 spiro atoms. The lowest BCUT2D eigenvalue weighted by molar-refractivity contribution is 0.612. The molecule has 3 rings (SSSR count). The average molecular weight is 287 g/mol. The fraction of sp³-hybridized carbons (Fsp3) is 0.438. The molecule has 1 aliphatic heterocycles. The molecule has 0 saturated heterocycles.